The molecule has 2 amide bonds. The number of aromatic nitrogens is 3. The number of likely N-dealkylation sites (tertiary alicyclic amines) is 1. The fourth-order valence-electron chi connectivity index (χ4n) is 4.00. The van der Waals surface area contributed by atoms with Crippen molar-refractivity contribution in [2.45, 2.75) is 58.1 Å². The molecule has 1 aliphatic heterocycles. The maximum Gasteiger partial charge on any atom is 0.416 e. The molecule has 2 heterocycles. The zero-order valence-corrected chi connectivity index (χ0v) is 19.4. The van der Waals surface area contributed by atoms with Crippen LogP contribution in [0.25, 0.3) is 0 Å². The van der Waals surface area contributed by atoms with Crippen LogP contribution in [0.1, 0.15) is 44.5 Å². The Kier molecular flexibility index (Phi) is 7.20. The average Bonchev–Trinajstić information content (AvgIpc) is 3.37. The van der Waals surface area contributed by atoms with Crippen molar-refractivity contribution in [2.24, 2.45) is 5.41 Å². The number of halogens is 3. The molecule has 1 aromatic heterocycles. The Labute approximate surface area is 195 Å². The maximum atomic E-state index is 13.5. The first-order valence-electron chi connectivity index (χ1n) is 10.8. The van der Waals surface area contributed by atoms with E-state index >= 15 is 0 Å². The summed E-state index contributed by atoms with van der Waals surface area (Å²) < 4.78 is 39.6. The number of carbonyl (C=O) groups is 2. The number of aliphatic hydroxyl groups is 1. The van der Waals surface area contributed by atoms with Crippen LogP contribution in [0.3, 0.4) is 0 Å². The Morgan fingerprint density at radius 3 is 2.41 bits per heavy atom. The molecule has 3 rings (SSSR count). The van der Waals surface area contributed by atoms with Crippen LogP contribution < -0.4 is 10.6 Å². The summed E-state index contributed by atoms with van der Waals surface area (Å²) in [5.41, 5.74) is -0.377. The van der Waals surface area contributed by atoms with Crippen LogP contribution in [-0.2, 0) is 22.3 Å². The number of nitrogens with zero attached hydrogens (tertiary/aromatic N) is 4. The molecule has 1 aliphatic rings. The number of likely N-dealkylation sites (N-methyl/N-ethyl adjacent to an activating group) is 1. The molecule has 9 nitrogen and oxygen atoms in total. The van der Waals surface area contributed by atoms with Gasteiger partial charge < -0.3 is 20.6 Å². The molecular weight excluding hydrogens is 453 g/mol. The summed E-state index contributed by atoms with van der Waals surface area (Å²) in [5, 5.41) is 23.8. The van der Waals surface area contributed by atoms with E-state index in [1.807, 2.05) is 20.8 Å². The number of carbonyl (C=O) groups excluding carboxylic acids is 2. The number of alkyl halides is 3. The Balaban J connectivity index is 1.76. The predicted octanol–water partition coefficient (Wildman–Crippen LogP) is 2.20. The number of amides is 2. The van der Waals surface area contributed by atoms with Gasteiger partial charge in [-0.1, -0.05) is 26.0 Å². The molecule has 0 radical (unpaired) electrons. The van der Waals surface area contributed by atoms with Crippen molar-refractivity contribution in [3.8, 4) is 0 Å². The summed E-state index contributed by atoms with van der Waals surface area (Å²) >= 11 is 0. The molecule has 0 spiro atoms. The van der Waals surface area contributed by atoms with Gasteiger partial charge >= 0.3 is 6.18 Å². The van der Waals surface area contributed by atoms with Crippen LogP contribution in [0.5, 0.6) is 0 Å². The van der Waals surface area contributed by atoms with Crippen LogP contribution in [0.2, 0.25) is 0 Å². The smallest absolute Gasteiger partial charge is 0.391 e. The predicted molar refractivity (Wildman–Crippen MR) is 117 cm³/mol. The second-order valence-corrected chi connectivity index (χ2v) is 9.40. The standard InChI is InChI=1S/C22H29F3N6O3/c1-21(2,3)18(20(34)30-12-16(32)9-17(30)19(33)26-4)31-11-15(28-29-31)10-27-14-7-5-13(6-8-14)22(23,24)25/h5-8,11,16-18,27,32H,9-10,12H2,1-4H3,(H,26,33)/t16?,17-,18?/m1/s1. The number of benzene rings is 1. The van der Waals surface area contributed by atoms with Gasteiger partial charge in [0.1, 0.15) is 17.8 Å². The first-order valence-corrected chi connectivity index (χ1v) is 10.8. The number of β-amino-alcohol motifs (C(OH)–C–C–N with tert-alkyl or cyclic N) is 1. The van der Waals surface area contributed by atoms with E-state index < -0.39 is 35.3 Å². The van der Waals surface area contributed by atoms with E-state index in [-0.39, 0.29) is 31.3 Å². The van der Waals surface area contributed by atoms with Crippen LogP contribution in [0, 0.1) is 5.41 Å². The van der Waals surface area contributed by atoms with Gasteiger partial charge in [-0.25, -0.2) is 4.68 Å². The Morgan fingerprint density at radius 1 is 1.21 bits per heavy atom. The van der Waals surface area contributed by atoms with Gasteiger partial charge in [-0.05, 0) is 29.7 Å². The molecule has 1 aromatic carbocycles. The molecule has 2 unspecified atom stereocenters. The number of hydrogen-bond donors (Lipinski definition) is 3. The molecular formula is C22H29F3N6O3. The topological polar surface area (TPSA) is 112 Å². The highest BCUT2D eigenvalue weighted by Gasteiger charge is 2.45. The van der Waals surface area contributed by atoms with Gasteiger partial charge in [0.05, 0.1) is 24.4 Å². The first-order chi connectivity index (χ1) is 15.8. The number of hydrogen-bond acceptors (Lipinski definition) is 6. The quantitative estimate of drug-likeness (QED) is 0.582. The summed E-state index contributed by atoms with van der Waals surface area (Å²) in [5.74, 6) is -0.706. The number of nitrogens with one attached hydrogen (secondary N) is 2. The summed E-state index contributed by atoms with van der Waals surface area (Å²) in [6.45, 7) is 5.80. The van der Waals surface area contributed by atoms with Crippen LogP contribution >= 0.6 is 0 Å². The lowest BCUT2D eigenvalue weighted by atomic mass is 9.85. The number of anilines is 1. The minimum atomic E-state index is -4.40. The molecule has 186 valence electrons. The molecule has 3 atom stereocenters. The van der Waals surface area contributed by atoms with Crippen LogP contribution in [0.15, 0.2) is 30.5 Å². The minimum absolute atomic E-state index is 0.0422. The molecule has 1 saturated heterocycles. The lowest BCUT2D eigenvalue weighted by Crippen LogP contribution is -2.49. The summed E-state index contributed by atoms with van der Waals surface area (Å²) in [4.78, 5) is 27.1. The third-order valence-electron chi connectivity index (χ3n) is 5.67. The highest BCUT2D eigenvalue weighted by atomic mass is 19.4. The molecule has 3 N–H and O–H groups in total. The third kappa shape index (κ3) is 5.66. The van der Waals surface area contributed by atoms with Gasteiger partial charge in [-0.2, -0.15) is 13.2 Å². The van der Waals surface area contributed by atoms with Crippen molar-refractivity contribution in [1.82, 2.24) is 25.2 Å². The van der Waals surface area contributed by atoms with Gasteiger partial charge in [0.2, 0.25) is 11.8 Å². The fraction of sp³-hybridized carbons (Fsp3) is 0.545. The van der Waals surface area contributed by atoms with Crippen molar-refractivity contribution in [3.05, 3.63) is 41.7 Å². The van der Waals surface area contributed by atoms with Crippen molar-refractivity contribution >= 4 is 17.5 Å². The second-order valence-electron chi connectivity index (χ2n) is 9.40. The van der Waals surface area contributed by atoms with E-state index in [4.69, 9.17) is 0 Å². The van der Waals surface area contributed by atoms with E-state index in [1.54, 1.807) is 6.20 Å². The summed E-state index contributed by atoms with van der Waals surface area (Å²) in [6, 6.07) is 3.05. The molecule has 1 fully saturated rings. The van der Waals surface area contributed by atoms with E-state index in [0.29, 0.717) is 11.4 Å². The van der Waals surface area contributed by atoms with E-state index in [9.17, 15) is 27.9 Å². The molecule has 0 bridgehead atoms. The highest BCUT2D eigenvalue weighted by Crippen LogP contribution is 2.34. The Bertz CT molecular complexity index is 1020. The minimum Gasteiger partial charge on any atom is -0.391 e. The molecule has 0 aliphatic carbocycles. The SMILES string of the molecule is CNC(=O)[C@H]1CC(O)CN1C(=O)C(n1cc(CNc2ccc(C(F)(F)F)cc2)nn1)C(C)(C)C. The molecule has 12 heteroatoms. The van der Waals surface area contributed by atoms with Crippen LogP contribution in [-0.4, -0.2) is 62.6 Å². The number of aliphatic hydroxyl groups excluding tert-OH is 1. The first kappa shape index (κ1) is 25.5. The maximum absolute atomic E-state index is 13.5. The fourth-order valence-corrected chi connectivity index (χ4v) is 4.00. The summed E-state index contributed by atoms with van der Waals surface area (Å²) in [7, 11) is 1.48. The van der Waals surface area contributed by atoms with E-state index in [2.05, 4.69) is 20.9 Å². The molecule has 2 aromatic rings. The zero-order chi connectivity index (χ0) is 25.3. The van der Waals surface area contributed by atoms with Gasteiger partial charge in [0.15, 0.2) is 0 Å². The summed E-state index contributed by atoms with van der Waals surface area (Å²) in [6.07, 6.45) is -3.46. The number of rotatable bonds is 6. The Morgan fingerprint density at radius 2 is 1.85 bits per heavy atom. The lowest BCUT2D eigenvalue weighted by molar-refractivity contribution is -0.144. The van der Waals surface area contributed by atoms with Gasteiger partial charge in [-0.3, -0.25) is 9.59 Å². The van der Waals surface area contributed by atoms with Crippen molar-refractivity contribution in [1.29, 1.82) is 0 Å². The van der Waals surface area contributed by atoms with E-state index in [1.165, 1.54) is 28.8 Å². The van der Waals surface area contributed by atoms with E-state index in [0.717, 1.165) is 12.1 Å². The van der Waals surface area contributed by atoms with Crippen LogP contribution in [0.4, 0.5) is 18.9 Å². The van der Waals surface area contributed by atoms with Gasteiger partial charge in [-0.15, -0.1) is 5.10 Å². The Hall–Kier alpha value is -3.15. The van der Waals surface area contributed by atoms with Crippen molar-refractivity contribution in [3.63, 3.8) is 0 Å². The van der Waals surface area contributed by atoms with Crippen molar-refractivity contribution in [2.75, 3.05) is 18.9 Å². The largest absolute Gasteiger partial charge is 0.416 e. The van der Waals surface area contributed by atoms with Gasteiger partial charge in [0.25, 0.3) is 0 Å². The highest BCUT2D eigenvalue weighted by molar-refractivity contribution is 5.90. The van der Waals surface area contributed by atoms with Gasteiger partial charge in [0, 0.05) is 25.7 Å². The average molecular weight is 483 g/mol. The zero-order valence-electron chi connectivity index (χ0n) is 19.4. The monoisotopic (exact) mass is 482 g/mol. The lowest BCUT2D eigenvalue weighted by Gasteiger charge is -2.34. The molecule has 0 saturated carbocycles. The molecule has 34 heavy (non-hydrogen) atoms. The van der Waals surface area contributed by atoms with Crippen molar-refractivity contribution < 1.29 is 27.9 Å². The third-order valence-corrected chi connectivity index (χ3v) is 5.67. The second kappa shape index (κ2) is 9.61. The normalized spacial score (nSPS) is 19.7.